The normalized spacial score (nSPS) is 14.8. The Bertz CT molecular complexity index is 671. The molecule has 0 aromatic heterocycles. The maximum absolute atomic E-state index is 5.90. The predicted molar refractivity (Wildman–Crippen MR) is 102 cm³/mol. The monoisotopic (exact) mass is 343 g/mol. The molecule has 0 unspecified atom stereocenters. The van der Waals surface area contributed by atoms with Crippen molar-refractivity contribution in [3.63, 3.8) is 0 Å². The van der Waals surface area contributed by atoms with Crippen LogP contribution in [0.1, 0.15) is 19.3 Å². The SMILES string of the molecule is Nc1ccc(Sc2cccc(OCCCN3CCCC3)c2)cc1N. The lowest BCUT2D eigenvalue weighted by Crippen LogP contribution is -2.21. The highest BCUT2D eigenvalue weighted by Gasteiger charge is 2.10. The molecular weight excluding hydrogens is 318 g/mol. The molecule has 3 rings (SSSR count). The van der Waals surface area contributed by atoms with Crippen molar-refractivity contribution in [2.24, 2.45) is 0 Å². The van der Waals surface area contributed by atoms with Gasteiger partial charge in [0.05, 0.1) is 18.0 Å². The third-order valence-corrected chi connectivity index (χ3v) is 5.16. The molecule has 24 heavy (non-hydrogen) atoms. The minimum absolute atomic E-state index is 0.620. The average molecular weight is 343 g/mol. The average Bonchev–Trinajstić information content (AvgIpc) is 3.09. The number of rotatable bonds is 7. The summed E-state index contributed by atoms with van der Waals surface area (Å²) in [5.74, 6) is 0.921. The first-order valence-electron chi connectivity index (χ1n) is 8.49. The molecule has 0 spiro atoms. The molecule has 1 saturated heterocycles. The molecule has 0 radical (unpaired) electrons. The molecule has 1 heterocycles. The van der Waals surface area contributed by atoms with Gasteiger partial charge < -0.3 is 21.1 Å². The first-order valence-corrected chi connectivity index (χ1v) is 9.30. The van der Waals surface area contributed by atoms with Gasteiger partial charge in [0, 0.05) is 16.3 Å². The maximum Gasteiger partial charge on any atom is 0.120 e. The molecule has 2 aromatic carbocycles. The third kappa shape index (κ3) is 4.82. The van der Waals surface area contributed by atoms with Crippen LogP contribution in [0.5, 0.6) is 5.75 Å². The quantitative estimate of drug-likeness (QED) is 0.590. The second-order valence-corrected chi connectivity index (χ2v) is 7.27. The summed E-state index contributed by atoms with van der Waals surface area (Å²) in [7, 11) is 0. The summed E-state index contributed by atoms with van der Waals surface area (Å²) in [6.07, 6.45) is 3.76. The molecule has 1 fully saturated rings. The van der Waals surface area contributed by atoms with E-state index in [0.717, 1.165) is 35.1 Å². The van der Waals surface area contributed by atoms with Crippen LogP contribution < -0.4 is 16.2 Å². The Morgan fingerprint density at radius 3 is 2.54 bits per heavy atom. The Balaban J connectivity index is 1.50. The van der Waals surface area contributed by atoms with Gasteiger partial charge in [-0.3, -0.25) is 0 Å². The van der Waals surface area contributed by atoms with Crippen molar-refractivity contribution in [2.45, 2.75) is 29.1 Å². The first-order chi connectivity index (χ1) is 11.7. The highest BCUT2D eigenvalue weighted by atomic mass is 32.2. The Hall–Kier alpha value is -1.85. The standard InChI is InChI=1S/C19H25N3OS/c20-18-8-7-17(14-19(18)21)24-16-6-3-5-15(13-16)23-12-4-11-22-9-1-2-10-22/h3,5-8,13-14H,1-2,4,9-12,20-21H2. The zero-order valence-corrected chi connectivity index (χ0v) is 14.7. The lowest BCUT2D eigenvalue weighted by Gasteiger charge is -2.14. The molecule has 1 aliphatic heterocycles. The predicted octanol–water partition coefficient (Wildman–Crippen LogP) is 3.87. The summed E-state index contributed by atoms with van der Waals surface area (Å²) >= 11 is 1.66. The summed E-state index contributed by atoms with van der Waals surface area (Å²) in [5.41, 5.74) is 12.9. The first kappa shape index (κ1) is 17.0. The number of benzene rings is 2. The van der Waals surface area contributed by atoms with Gasteiger partial charge in [0.2, 0.25) is 0 Å². The second-order valence-electron chi connectivity index (χ2n) is 6.12. The summed E-state index contributed by atoms with van der Waals surface area (Å²) in [6.45, 7) is 4.40. The number of anilines is 2. The van der Waals surface area contributed by atoms with Crippen LogP contribution in [0.25, 0.3) is 0 Å². The molecule has 0 bridgehead atoms. The molecule has 4 nitrogen and oxygen atoms in total. The van der Waals surface area contributed by atoms with Gasteiger partial charge in [-0.25, -0.2) is 0 Å². The molecule has 0 amide bonds. The van der Waals surface area contributed by atoms with Gasteiger partial charge in [0.25, 0.3) is 0 Å². The number of nitrogens with zero attached hydrogens (tertiary/aromatic N) is 1. The summed E-state index contributed by atoms with van der Waals surface area (Å²) in [6, 6.07) is 13.9. The lowest BCUT2D eigenvalue weighted by molar-refractivity contribution is 0.263. The van der Waals surface area contributed by atoms with Gasteiger partial charge in [0.1, 0.15) is 5.75 Å². The van der Waals surface area contributed by atoms with Crippen LogP contribution in [0.2, 0.25) is 0 Å². The highest BCUT2D eigenvalue weighted by molar-refractivity contribution is 7.99. The summed E-state index contributed by atoms with van der Waals surface area (Å²) in [4.78, 5) is 4.73. The Morgan fingerprint density at radius 1 is 0.958 bits per heavy atom. The zero-order chi connectivity index (χ0) is 16.8. The van der Waals surface area contributed by atoms with E-state index in [1.54, 1.807) is 11.8 Å². The summed E-state index contributed by atoms with van der Waals surface area (Å²) in [5, 5.41) is 0. The van der Waals surface area contributed by atoms with E-state index in [-0.39, 0.29) is 0 Å². The van der Waals surface area contributed by atoms with Gasteiger partial charge in [-0.05, 0) is 68.8 Å². The smallest absolute Gasteiger partial charge is 0.120 e. The van der Waals surface area contributed by atoms with E-state index < -0.39 is 0 Å². The molecule has 0 atom stereocenters. The van der Waals surface area contributed by atoms with Crippen LogP contribution >= 0.6 is 11.8 Å². The number of hydrogen-bond donors (Lipinski definition) is 2. The molecule has 128 valence electrons. The third-order valence-electron chi connectivity index (χ3n) is 4.19. The van der Waals surface area contributed by atoms with E-state index in [0.29, 0.717) is 11.4 Å². The molecular formula is C19H25N3OS. The topological polar surface area (TPSA) is 64.5 Å². The fraction of sp³-hybridized carbons (Fsp3) is 0.368. The van der Waals surface area contributed by atoms with E-state index in [1.807, 2.05) is 30.3 Å². The van der Waals surface area contributed by atoms with Crippen LogP contribution in [0.3, 0.4) is 0 Å². The van der Waals surface area contributed by atoms with Crippen molar-refractivity contribution in [1.29, 1.82) is 0 Å². The number of nitrogens with two attached hydrogens (primary N) is 2. The van der Waals surface area contributed by atoms with Crippen LogP contribution in [-0.4, -0.2) is 31.1 Å². The van der Waals surface area contributed by atoms with Crippen molar-refractivity contribution >= 4 is 23.1 Å². The van der Waals surface area contributed by atoms with E-state index in [1.165, 1.54) is 25.9 Å². The molecule has 0 aliphatic carbocycles. The number of ether oxygens (including phenoxy) is 1. The van der Waals surface area contributed by atoms with Crippen molar-refractivity contribution in [3.05, 3.63) is 42.5 Å². The van der Waals surface area contributed by atoms with Crippen molar-refractivity contribution in [1.82, 2.24) is 4.90 Å². The number of hydrogen-bond acceptors (Lipinski definition) is 5. The molecule has 2 aromatic rings. The Kier molecular flexibility index (Phi) is 5.88. The zero-order valence-electron chi connectivity index (χ0n) is 13.9. The number of likely N-dealkylation sites (tertiary alicyclic amines) is 1. The highest BCUT2D eigenvalue weighted by Crippen LogP contribution is 2.32. The van der Waals surface area contributed by atoms with Gasteiger partial charge >= 0.3 is 0 Å². The largest absolute Gasteiger partial charge is 0.494 e. The Labute approximate surface area is 148 Å². The van der Waals surface area contributed by atoms with Gasteiger partial charge in [-0.1, -0.05) is 17.8 Å². The van der Waals surface area contributed by atoms with E-state index in [4.69, 9.17) is 16.2 Å². The van der Waals surface area contributed by atoms with E-state index in [2.05, 4.69) is 17.0 Å². The van der Waals surface area contributed by atoms with Crippen molar-refractivity contribution < 1.29 is 4.74 Å². The van der Waals surface area contributed by atoms with Gasteiger partial charge in [-0.2, -0.15) is 0 Å². The number of nitrogen functional groups attached to an aromatic ring is 2. The van der Waals surface area contributed by atoms with E-state index >= 15 is 0 Å². The van der Waals surface area contributed by atoms with Crippen LogP contribution in [-0.2, 0) is 0 Å². The van der Waals surface area contributed by atoms with Crippen LogP contribution in [0.4, 0.5) is 11.4 Å². The fourth-order valence-electron chi connectivity index (χ4n) is 2.86. The maximum atomic E-state index is 5.90. The minimum Gasteiger partial charge on any atom is -0.494 e. The van der Waals surface area contributed by atoms with Gasteiger partial charge in [0.15, 0.2) is 0 Å². The molecule has 4 N–H and O–H groups in total. The second kappa shape index (κ2) is 8.31. The fourth-order valence-corrected chi connectivity index (χ4v) is 3.78. The lowest BCUT2D eigenvalue weighted by atomic mass is 10.3. The minimum atomic E-state index is 0.620. The van der Waals surface area contributed by atoms with Crippen LogP contribution in [0, 0.1) is 0 Å². The van der Waals surface area contributed by atoms with E-state index in [9.17, 15) is 0 Å². The molecule has 1 aliphatic rings. The Morgan fingerprint density at radius 2 is 1.75 bits per heavy atom. The molecule has 0 saturated carbocycles. The molecule has 5 heteroatoms. The van der Waals surface area contributed by atoms with Gasteiger partial charge in [-0.15, -0.1) is 0 Å². The summed E-state index contributed by atoms with van der Waals surface area (Å²) < 4.78 is 5.90. The van der Waals surface area contributed by atoms with Crippen molar-refractivity contribution in [3.8, 4) is 5.75 Å². The van der Waals surface area contributed by atoms with Crippen molar-refractivity contribution in [2.75, 3.05) is 37.7 Å². The van der Waals surface area contributed by atoms with Crippen LogP contribution in [0.15, 0.2) is 52.3 Å².